The van der Waals surface area contributed by atoms with E-state index in [1.165, 1.54) is 11.1 Å². The number of hydrogen-bond acceptors (Lipinski definition) is 5. The maximum absolute atomic E-state index is 12.0. The minimum absolute atomic E-state index is 0.234. The molecule has 0 unspecified atom stereocenters. The van der Waals surface area contributed by atoms with Crippen molar-refractivity contribution in [3.63, 3.8) is 0 Å². The Morgan fingerprint density at radius 2 is 2.42 bits per heavy atom. The smallest absolute Gasteiger partial charge is 0.293 e. The highest BCUT2D eigenvalue weighted by atomic mass is 32.1. The Balaban J connectivity index is 1.78. The van der Waals surface area contributed by atoms with Crippen molar-refractivity contribution in [3.05, 3.63) is 34.2 Å². The lowest BCUT2D eigenvalue weighted by atomic mass is 10.2. The van der Waals surface area contributed by atoms with Crippen molar-refractivity contribution in [1.82, 2.24) is 9.88 Å². The summed E-state index contributed by atoms with van der Waals surface area (Å²) in [6.45, 7) is 3.77. The quantitative estimate of drug-likeness (QED) is 0.915. The van der Waals surface area contributed by atoms with Gasteiger partial charge in [0.05, 0.1) is 12.0 Å². The number of carbonyl (C=O) groups is 1. The fourth-order valence-corrected chi connectivity index (χ4v) is 3.22. The zero-order valence-electron chi connectivity index (χ0n) is 10.9. The second kappa shape index (κ2) is 4.79. The molecule has 0 fully saturated rings. The Kier molecular flexibility index (Phi) is 3.12. The lowest BCUT2D eigenvalue weighted by Crippen LogP contribution is -2.25. The third-order valence-electron chi connectivity index (χ3n) is 3.21. The maximum atomic E-state index is 12.0. The van der Waals surface area contributed by atoms with E-state index in [0.29, 0.717) is 10.9 Å². The average molecular weight is 277 g/mol. The van der Waals surface area contributed by atoms with Crippen molar-refractivity contribution < 1.29 is 9.21 Å². The molecule has 6 heteroatoms. The van der Waals surface area contributed by atoms with Crippen molar-refractivity contribution in [2.45, 2.75) is 19.9 Å². The van der Waals surface area contributed by atoms with Gasteiger partial charge in [0.25, 0.3) is 5.91 Å². The van der Waals surface area contributed by atoms with Crippen molar-refractivity contribution in [2.75, 3.05) is 18.9 Å². The average Bonchev–Trinajstić information content (AvgIpc) is 2.94. The number of furan rings is 1. The first-order valence-corrected chi connectivity index (χ1v) is 6.97. The number of likely N-dealkylation sites (N-methyl/N-ethyl adjacent to an activating group) is 1. The predicted molar refractivity (Wildman–Crippen MR) is 73.6 cm³/mol. The molecule has 0 aromatic carbocycles. The monoisotopic (exact) mass is 277 g/mol. The van der Waals surface area contributed by atoms with Crippen molar-refractivity contribution in [1.29, 1.82) is 0 Å². The van der Waals surface area contributed by atoms with Gasteiger partial charge in [-0.15, -0.1) is 11.3 Å². The van der Waals surface area contributed by atoms with Gasteiger partial charge in [0.2, 0.25) is 0 Å². The molecule has 0 spiro atoms. The van der Waals surface area contributed by atoms with Crippen LogP contribution in [0.2, 0.25) is 0 Å². The van der Waals surface area contributed by atoms with Crippen LogP contribution >= 0.6 is 11.3 Å². The van der Waals surface area contributed by atoms with E-state index >= 15 is 0 Å². The van der Waals surface area contributed by atoms with Gasteiger partial charge in [-0.3, -0.25) is 10.1 Å². The Morgan fingerprint density at radius 1 is 1.58 bits per heavy atom. The van der Waals surface area contributed by atoms with Gasteiger partial charge in [-0.2, -0.15) is 0 Å². The van der Waals surface area contributed by atoms with Gasteiger partial charge in [0, 0.05) is 30.0 Å². The van der Waals surface area contributed by atoms with Crippen molar-refractivity contribution >= 4 is 22.4 Å². The Labute approximate surface area is 115 Å². The van der Waals surface area contributed by atoms with E-state index in [0.717, 1.165) is 30.8 Å². The van der Waals surface area contributed by atoms with E-state index in [1.807, 2.05) is 6.92 Å². The highest BCUT2D eigenvalue weighted by molar-refractivity contribution is 7.15. The van der Waals surface area contributed by atoms with E-state index in [1.54, 1.807) is 17.4 Å². The van der Waals surface area contributed by atoms with E-state index < -0.39 is 0 Å². The molecule has 3 heterocycles. The molecule has 2 aromatic rings. The van der Waals surface area contributed by atoms with Gasteiger partial charge >= 0.3 is 0 Å². The molecule has 100 valence electrons. The minimum atomic E-state index is -0.234. The number of rotatable bonds is 2. The SMILES string of the molecule is Cc1ccoc1C(=O)Nc1nc2c(s1)CN(C)CC2. The van der Waals surface area contributed by atoms with Gasteiger partial charge in [-0.1, -0.05) is 0 Å². The molecule has 0 radical (unpaired) electrons. The molecule has 1 aliphatic heterocycles. The Bertz CT molecular complexity index is 617. The van der Waals surface area contributed by atoms with Crippen LogP contribution in [0.25, 0.3) is 0 Å². The number of carbonyl (C=O) groups excluding carboxylic acids is 1. The van der Waals surface area contributed by atoms with Crippen LogP contribution in [0.3, 0.4) is 0 Å². The number of nitrogens with one attached hydrogen (secondary N) is 1. The number of aryl methyl sites for hydroxylation is 1. The van der Waals surface area contributed by atoms with Gasteiger partial charge in [0.15, 0.2) is 10.9 Å². The van der Waals surface area contributed by atoms with Crippen LogP contribution in [0.5, 0.6) is 0 Å². The number of amides is 1. The predicted octanol–water partition coefficient (Wildman–Crippen LogP) is 2.28. The largest absolute Gasteiger partial charge is 0.459 e. The fraction of sp³-hybridized carbons (Fsp3) is 0.385. The fourth-order valence-electron chi connectivity index (χ4n) is 2.14. The number of hydrogen-bond donors (Lipinski definition) is 1. The van der Waals surface area contributed by atoms with Crippen LogP contribution in [0.15, 0.2) is 16.7 Å². The number of nitrogens with zero attached hydrogens (tertiary/aromatic N) is 2. The molecule has 3 rings (SSSR count). The molecule has 0 saturated heterocycles. The third kappa shape index (κ3) is 2.41. The molecule has 5 nitrogen and oxygen atoms in total. The molecule has 19 heavy (non-hydrogen) atoms. The summed E-state index contributed by atoms with van der Waals surface area (Å²) in [5.74, 6) is 0.118. The number of aromatic nitrogens is 1. The minimum Gasteiger partial charge on any atom is -0.459 e. The van der Waals surface area contributed by atoms with Gasteiger partial charge in [-0.25, -0.2) is 4.98 Å². The molecule has 1 N–H and O–H groups in total. The highest BCUT2D eigenvalue weighted by Crippen LogP contribution is 2.28. The van der Waals surface area contributed by atoms with E-state index in [9.17, 15) is 4.79 Å². The summed E-state index contributed by atoms with van der Waals surface area (Å²) < 4.78 is 5.17. The van der Waals surface area contributed by atoms with Crippen LogP contribution < -0.4 is 5.32 Å². The van der Waals surface area contributed by atoms with E-state index in [4.69, 9.17) is 4.42 Å². The number of fused-ring (bicyclic) bond motifs is 1. The van der Waals surface area contributed by atoms with Crippen molar-refractivity contribution in [2.24, 2.45) is 0 Å². The van der Waals surface area contributed by atoms with Crippen LogP contribution in [0.4, 0.5) is 5.13 Å². The lowest BCUT2D eigenvalue weighted by Gasteiger charge is -2.20. The molecule has 0 aliphatic carbocycles. The lowest BCUT2D eigenvalue weighted by molar-refractivity contribution is 0.0996. The molecular weight excluding hydrogens is 262 g/mol. The standard InChI is InChI=1S/C13H15N3O2S/c1-8-4-6-18-11(8)12(17)15-13-14-9-3-5-16(2)7-10(9)19-13/h4,6H,3,5,7H2,1-2H3,(H,14,15,17). The summed E-state index contributed by atoms with van der Waals surface area (Å²) in [6, 6.07) is 1.77. The molecule has 1 aliphatic rings. The molecular formula is C13H15N3O2S. The summed E-state index contributed by atoms with van der Waals surface area (Å²) in [5, 5.41) is 3.47. The Morgan fingerprint density at radius 3 is 3.16 bits per heavy atom. The number of thiazole rings is 1. The van der Waals surface area contributed by atoms with Gasteiger partial charge < -0.3 is 9.32 Å². The zero-order valence-corrected chi connectivity index (χ0v) is 11.7. The second-order valence-corrected chi connectivity index (χ2v) is 5.85. The topological polar surface area (TPSA) is 58.4 Å². The normalized spacial score (nSPS) is 15.3. The van der Waals surface area contributed by atoms with E-state index in [2.05, 4.69) is 22.2 Å². The van der Waals surface area contributed by atoms with Crippen LogP contribution in [0, 0.1) is 6.92 Å². The zero-order chi connectivity index (χ0) is 13.4. The van der Waals surface area contributed by atoms with E-state index in [-0.39, 0.29) is 5.91 Å². The van der Waals surface area contributed by atoms with Gasteiger partial charge in [-0.05, 0) is 20.0 Å². The van der Waals surface area contributed by atoms with Crippen LogP contribution in [-0.2, 0) is 13.0 Å². The summed E-state index contributed by atoms with van der Waals surface area (Å²) >= 11 is 1.54. The first-order valence-electron chi connectivity index (χ1n) is 6.16. The first-order chi connectivity index (χ1) is 9.13. The molecule has 1 amide bonds. The summed E-state index contributed by atoms with van der Waals surface area (Å²) in [5.41, 5.74) is 1.94. The Hall–Kier alpha value is -1.66. The first kappa shape index (κ1) is 12.4. The third-order valence-corrected chi connectivity index (χ3v) is 4.21. The second-order valence-electron chi connectivity index (χ2n) is 4.76. The van der Waals surface area contributed by atoms with Crippen molar-refractivity contribution in [3.8, 4) is 0 Å². The maximum Gasteiger partial charge on any atom is 0.293 e. The van der Waals surface area contributed by atoms with Crippen LogP contribution in [0.1, 0.15) is 26.7 Å². The highest BCUT2D eigenvalue weighted by Gasteiger charge is 2.20. The summed E-state index contributed by atoms with van der Waals surface area (Å²) in [7, 11) is 2.09. The molecule has 0 atom stereocenters. The number of anilines is 1. The molecule has 0 bridgehead atoms. The summed E-state index contributed by atoms with van der Waals surface area (Å²) in [6.07, 6.45) is 2.46. The van der Waals surface area contributed by atoms with Crippen LogP contribution in [-0.4, -0.2) is 29.4 Å². The van der Waals surface area contributed by atoms with Gasteiger partial charge in [0.1, 0.15) is 0 Å². The molecule has 2 aromatic heterocycles. The molecule has 0 saturated carbocycles. The summed E-state index contributed by atoms with van der Waals surface area (Å²) in [4.78, 5) is 20.0.